The van der Waals surface area contributed by atoms with Gasteiger partial charge in [-0.1, -0.05) is 26.0 Å². The normalized spacial score (nSPS) is 15.6. The molecule has 0 aromatic heterocycles. The number of anilines is 1. The molecule has 1 heterocycles. The topological polar surface area (TPSA) is 66.9 Å². The van der Waals surface area contributed by atoms with Crippen molar-refractivity contribution in [3.8, 4) is 0 Å². The summed E-state index contributed by atoms with van der Waals surface area (Å²) < 4.78 is 20.7. The van der Waals surface area contributed by atoms with Crippen LogP contribution in [0.25, 0.3) is 0 Å². The standard InChI is InChI=1S/C19H20N2O4S2.C2H6/c1-12(2)25-19(23)14-6-4-13(5-7-14)11-21-18(22)16-10-15(26)8-9-17(16)20(3)27(21)24;1-2/h4-10,12,26H,11H2,1-3H3;1-2H3. The summed E-state index contributed by atoms with van der Waals surface area (Å²) >= 11 is 2.64. The number of hydrogen-bond donors (Lipinski definition) is 1. The van der Waals surface area contributed by atoms with Gasteiger partial charge in [-0.05, 0) is 49.7 Å². The number of carbonyl (C=O) groups is 2. The van der Waals surface area contributed by atoms with Crippen molar-refractivity contribution in [1.29, 1.82) is 0 Å². The summed E-state index contributed by atoms with van der Waals surface area (Å²) in [6.07, 6.45) is -0.196. The smallest absolute Gasteiger partial charge is 0.338 e. The molecule has 0 spiro atoms. The zero-order valence-corrected chi connectivity index (χ0v) is 18.9. The molecule has 0 aliphatic carbocycles. The molecule has 0 saturated carbocycles. The lowest BCUT2D eigenvalue weighted by Gasteiger charge is -2.33. The van der Waals surface area contributed by atoms with Crippen molar-refractivity contribution in [2.45, 2.75) is 45.2 Å². The Hall–Kier alpha value is -2.32. The molecule has 3 rings (SSSR count). The summed E-state index contributed by atoms with van der Waals surface area (Å²) in [5.74, 6) is -0.718. The van der Waals surface area contributed by atoms with Gasteiger partial charge in [0.1, 0.15) is 0 Å². The number of carbonyl (C=O) groups excluding carboxylic acids is 2. The molecule has 2 aromatic rings. The first-order chi connectivity index (χ1) is 13.8. The van der Waals surface area contributed by atoms with Gasteiger partial charge in [0.15, 0.2) is 0 Å². The molecule has 0 N–H and O–H groups in total. The van der Waals surface area contributed by atoms with Crippen LogP contribution < -0.4 is 4.31 Å². The summed E-state index contributed by atoms with van der Waals surface area (Å²) in [7, 11) is 1.68. The largest absolute Gasteiger partial charge is 0.459 e. The lowest BCUT2D eigenvalue weighted by atomic mass is 10.1. The lowest BCUT2D eigenvalue weighted by molar-refractivity contribution is 0.0377. The van der Waals surface area contributed by atoms with Gasteiger partial charge in [0.2, 0.25) is 11.2 Å². The van der Waals surface area contributed by atoms with E-state index in [1.54, 1.807) is 67.7 Å². The molecule has 0 bridgehead atoms. The molecule has 2 aromatic carbocycles. The van der Waals surface area contributed by atoms with Gasteiger partial charge >= 0.3 is 5.97 Å². The summed E-state index contributed by atoms with van der Waals surface area (Å²) in [5.41, 5.74) is 2.26. The van der Waals surface area contributed by atoms with Crippen LogP contribution >= 0.6 is 12.6 Å². The number of rotatable bonds is 4. The summed E-state index contributed by atoms with van der Waals surface area (Å²) in [6, 6.07) is 11.9. The average molecular weight is 435 g/mol. The van der Waals surface area contributed by atoms with Gasteiger partial charge < -0.3 is 4.74 Å². The fourth-order valence-corrected chi connectivity index (χ4v) is 4.05. The molecule has 6 nitrogen and oxygen atoms in total. The Balaban J connectivity index is 0.00000145. The number of nitrogens with zero attached hydrogens (tertiary/aromatic N) is 2. The van der Waals surface area contributed by atoms with Crippen molar-refractivity contribution in [2.24, 2.45) is 0 Å². The minimum Gasteiger partial charge on any atom is -0.459 e. The zero-order chi connectivity index (χ0) is 21.7. The van der Waals surface area contributed by atoms with Gasteiger partial charge in [0.05, 0.1) is 29.5 Å². The van der Waals surface area contributed by atoms with E-state index >= 15 is 0 Å². The highest BCUT2D eigenvalue weighted by atomic mass is 32.2. The zero-order valence-electron chi connectivity index (χ0n) is 17.2. The number of esters is 1. The van der Waals surface area contributed by atoms with E-state index in [0.717, 1.165) is 5.56 Å². The predicted octanol–water partition coefficient (Wildman–Crippen LogP) is 4.24. The van der Waals surface area contributed by atoms with Crippen molar-refractivity contribution in [2.75, 3.05) is 11.4 Å². The Morgan fingerprint density at radius 3 is 2.34 bits per heavy atom. The fraction of sp³-hybridized carbons (Fsp3) is 0.333. The Labute approximate surface area is 180 Å². The first-order valence-electron chi connectivity index (χ1n) is 9.38. The molecule has 1 aliphatic rings. The molecule has 8 heteroatoms. The van der Waals surface area contributed by atoms with Gasteiger partial charge in [-0.15, -0.1) is 12.6 Å². The van der Waals surface area contributed by atoms with Crippen molar-refractivity contribution in [3.63, 3.8) is 0 Å². The number of hydrogen-bond acceptors (Lipinski definition) is 5. The third-order valence-corrected chi connectivity index (χ3v) is 5.67. The Morgan fingerprint density at radius 1 is 1.14 bits per heavy atom. The van der Waals surface area contributed by atoms with E-state index in [9.17, 15) is 13.8 Å². The van der Waals surface area contributed by atoms with E-state index in [2.05, 4.69) is 12.6 Å². The number of thiol groups is 1. The Kier molecular flexibility index (Phi) is 7.87. The number of ether oxygens (including phenoxy) is 1. The second-order valence-electron chi connectivity index (χ2n) is 6.42. The van der Waals surface area contributed by atoms with Crippen LogP contribution in [0.2, 0.25) is 0 Å². The SMILES string of the molecule is CC.CC(C)OC(=O)c1ccc(CN2C(=O)c3cc(S)ccc3N(C)S2=O)cc1. The maximum Gasteiger partial charge on any atom is 0.338 e. The van der Waals surface area contributed by atoms with Crippen LogP contribution in [0.3, 0.4) is 0 Å². The van der Waals surface area contributed by atoms with Crippen molar-refractivity contribution in [1.82, 2.24) is 4.31 Å². The van der Waals surface area contributed by atoms with E-state index in [1.807, 2.05) is 13.8 Å². The van der Waals surface area contributed by atoms with Crippen LogP contribution in [-0.4, -0.2) is 33.5 Å². The van der Waals surface area contributed by atoms with Gasteiger partial charge in [0.25, 0.3) is 5.91 Å². The van der Waals surface area contributed by atoms with Crippen LogP contribution in [0.1, 0.15) is 54.0 Å². The van der Waals surface area contributed by atoms with E-state index < -0.39 is 17.1 Å². The summed E-state index contributed by atoms with van der Waals surface area (Å²) in [5, 5.41) is 0. The molecule has 0 saturated heterocycles. The lowest BCUT2D eigenvalue weighted by Crippen LogP contribution is -2.45. The van der Waals surface area contributed by atoms with Gasteiger partial charge in [-0.3, -0.25) is 9.10 Å². The molecular weight excluding hydrogens is 408 g/mol. The highest BCUT2D eigenvalue weighted by Gasteiger charge is 2.34. The van der Waals surface area contributed by atoms with Gasteiger partial charge in [0, 0.05) is 11.9 Å². The molecular formula is C21H26N2O4S2. The van der Waals surface area contributed by atoms with Crippen molar-refractivity contribution in [3.05, 3.63) is 59.2 Å². The van der Waals surface area contributed by atoms with E-state index in [4.69, 9.17) is 4.74 Å². The maximum atomic E-state index is 12.8. The molecule has 0 fully saturated rings. The van der Waals surface area contributed by atoms with Crippen molar-refractivity contribution < 1.29 is 18.5 Å². The van der Waals surface area contributed by atoms with Crippen LogP contribution in [-0.2, 0) is 22.5 Å². The third-order valence-electron chi connectivity index (χ3n) is 4.06. The highest BCUT2D eigenvalue weighted by Crippen LogP contribution is 2.31. The Morgan fingerprint density at radius 2 is 1.76 bits per heavy atom. The second-order valence-corrected chi connectivity index (χ2v) is 8.39. The summed E-state index contributed by atoms with van der Waals surface area (Å²) in [4.78, 5) is 25.4. The van der Waals surface area contributed by atoms with Crippen LogP contribution in [0.5, 0.6) is 0 Å². The fourth-order valence-electron chi connectivity index (χ4n) is 2.73. The predicted molar refractivity (Wildman–Crippen MR) is 118 cm³/mol. The van der Waals surface area contributed by atoms with Crippen LogP contribution in [0.15, 0.2) is 47.4 Å². The van der Waals surface area contributed by atoms with E-state index in [0.29, 0.717) is 21.7 Å². The van der Waals surface area contributed by atoms with Gasteiger partial charge in [-0.25, -0.2) is 13.3 Å². The maximum absolute atomic E-state index is 12.8. The second kappa shape index (κ2) is 9.93. The monoisotopic (exact) mass is 434 g/mol. The number of benzene rings is 2. The first-order valence-corrected chi connectivity index (χ1v) is 10.9. The minimum atomic E-state index is -1.64. The van der Waals surface area contributed by atoms with E-state index in [1.165, 1.54) is 4.31 Å². The molecule has 0 radical (unpaired) electrons. The van der Waals surface area contributed by atoms with E-state index in [-0.39, 0.29) is 18.6 Å². The van der Waals surface area contributed by atoms with Crippen LogP contribution in [0, 0.1) is 0 Å². The molecule has 1 atom stereocenters. The quantitative estimate of drug-likeness (QED) is 0.577. The number of fused-ring (bicyclic) bond motifs is 1. The third kappa shape index (κ3) is 5.19. The average Bonchev–Trinajstić information content (AvgIpc) is 2.71. The number of amides is 1. The molecule has 1 aliphatic heterocycles. The molecule has 156 valence electrons. The highest BCUT2D eigenvalue weighted by molar-refractivity contribution is 7.84. The molecule has 29 heavy (non-hydrogen) atoms. The summed E-state index contributed by atoms with van der Waals surface area (Å²) in [6.45, 7) is 7.73. The van der Waals surface area contributed by atoms with Gasteiger partial charge in [-0.2, -0.15) is 0 Å². The van der Waals surface area contributed by atoms with Crippen molar-refractivity contribution >= 4 is 41.4 Å². The first kappa shape index (κ1) is 23.0. The Bertz CT molecular complexity index is 913. The minimum absolute atomic E-state index is 0.158. The van der Waals surface area contributed by atoms with Crippen LogP contribution in [0.4, 0.5) is 5.69 Å². The molecule has 1 amide bonds. The molecule has 1 unspecified atom stereocenters.